The van der Waals surface area contributed by atoms with Gasteiger partial charge in [0.25, 0.3) is 5.91 Å². The van der Waals surface area contributed by atoms with Crippen molar-refractivity contribution in [2.75, 3.05) is 13.7 Å². The van der Waals surface area contributed by atoms with Crippen LogP contribution in [-0.2, 0) is 11.3 Å². The predicted octanol–water partition coefficient (Wildman–Crippen LogP) is 4.49. The van der Waals surface area contributed by atoms with Crippen molar-refractivity contribution < 1.29 is 9.53 Å². The molecule has 1 aromatic heterocycles. The number of amides is 1. The summed E-state index contributed by atoms with van der Waals surface area (Å²) in [5.74, 6) is 0.655. The molecule has 0 radical (unpaired) electrons. The Kier molecular flexibility index (Phi) is 4.54. The van der Waals surface area contributed by atoms with Crippen LogP contribution in [0.5, 0.6) is 5.75 Å². The van der Waals surface area contributed by atoms with Crippen LogP contribution in [0.2, 0.25) is 0 Å². The van der Waals surface area contributed by atoms with Gasteiger partial charge in [0.05, 0.1) is 16.8 Å². The second kappa shape index (κ2) is 7.14. The van der Waals surface area contributed by atoms with Crippen LogP contribution in [-0.4, -0.2) is 29.4 Å². The maximum Gasteiger partial charge on any atom is 0.260 e. The van der Waals surface area contributed by atoms with Crippen LogP contribution in [0.3, 0.4) is 0 Å². The number of nitrogens with zero attached hydrogens (tertiary/aromatic N) is 2. The van der Waals surface area contributed by atoms with Gasteiger partial charge >= 0.3 is 0 Å². The number of thiazole rings is 1. The van der Waals surface area contributed by atoms with Crippen LogP contribution in [0.25, 0.3) is 21.0 Å². The fraction of sp³-hybridized carbons (Fsp3) is 0.143. The normalized spacial score (nSPS) is 11.0. The molecule has 0 fully saturated rings. The number of benzene rings is 3. The summed E-state index contributed by atoms with van der Waals surface area (Å²) in [6.45, 7) is 0.493. The van der Waals surface area contributed by atoms with Crippen molar-refractivity contribution in [2.45, 2.75) is 6.54 Å². The summed E-state index contributed by atoms with van der Waals surface area (Å²) in [6.07, 6.45) is 0. The molecule has 0 saturated heterocycles. The highest BCUT2D eigenvalue weighted by Crippen LogP contribution is 2.25. The third-order valence-corrected chi connectivity index (χ3v) is 5.26. The monoisotopic (exact) mass is 362 g/mol. The van der Waals surface area contributed by atoms with Gasteiger partial charge < -0.3 is 9.64 Å². The first-order valence-corrected chi connectivity index (χ1v) is 9.21. The lowest BCUT2D eigenvalue weighted by Crippen LogP contribution is -2.30. The molecule has 0 saturated carbocycles. The highest BCUT2D eigenvalue weighted by atomic mass is 32.1. The van der Waals surface area contributed by atoms with Gasteiger partial charge in [-0.1, -0.05) is 48.5 Å². The zero-order valence-electron chi connectivity index (χ0n) is 14.4. The number of rotatable bonds is 5. The Hall–Kier alpha value is -2.92. The van der Waals surface area contributed by atoms with Crippen LogP contribution < -0.4 is 4.74 Å². The molecule has 3 aromatic carbocycles. The highest BCUT2D eigenvalue weighted by molar-refractivity contribution is 7.18. The van der Waals surface area contributed by atoms with E-state index in [-0.39, 0.29) is 12.5 Å². The van der Waals surface area contributed by atoms with Gasteiger partial charge in [0.2, 0.25) is 0 Å². The zero-order valence-corrected chi connectivity index (χ0v) is 15.2. The van der Waals surface area contributed by atoms with E-state index in [2.05, 4.69) is 4.98 Å². The Morgan fingerprint density at radius 1 is 1.04 bits per heavy atom. The fourth-order valence-corrected chi connectivity index (χ4v) is 3.87. The molecule has 0 spiro atoms. The van der Waals surface area contributed by atoms with Gasteiger partial charge in [-0.05, 0) is 23.6 Å². The summed E-state index contributed by atoms with van der Waals surface area (Å²) < 4.78 is 6.93. The van der Waals surface area contributed by atoms with Crippen LogP contribution in [0.4, 0.5) is 0 Å². The molecular weight excluding hydrogens is 344 g/mol. The molecule has 4 rings (SSSR count). The number of hydrogen-bond acceptors (Lipinski definition) is 4. The molecule has 5 heteroatoms. The largest absolute Gasteiger partial charge is 0.483 e. The second-order valence-electron chi connectivity index (χ2n) is 6.09. The number of likely N-dealkylation sites (N-methyl/N-ethyl adjacent to an activating group) is 1. The molecular formula is C21H18N2O2S. The number of ether oxygens (including phenoxy) is 1. The van der Waals surface area contributed by atoms with E-state index in [1.807, 2.05) is 66.7 Å². The summed E-state index contributed by atoms with van der Waals surface area (Å²) in [6, 6.07) is 21.8. The molecule has 0 aliphatic rings. The minimum atomic E-state index is -0.0720. The Balaban J connectivity index is 1.42. The molecule has 130 valence electrons. The van der Waals surface area contributed by atoms with Gasteiger partial charge in [0.15, 0.2) is 6.61 Å². The summed E-state index contributed by atoms with van der Waals surface area (Å²) >= 11 is 1.61. The van der Waals surface area contributed by atoms with Gasteiger partial charge in [0.1, 0.15) is 10.8 Å². The molecule has 0 atom stereocenters. The van der Waals surface area contributed by atoms with E-state index in [0.717, 1.165) is 31.7 Å². The molecule has 0 N–H and O–H groups in total. The van der Waals surface area contributed by atoms with Crippen molar-refractivity contribution in [3.05, 3.63) is 71.7 Å². The third kappa shape index (κ3) is 3.39. The second-order valence-corrected chi connectivity index (χ2v) is 7.21. The van der Waals surface area contributed by atoms with Crippen molar-refractivity contribution >= 4 is 38.2 Å². The Morgan fingerprint density at radius 2 is 1.81 bits per heavy atom. The Labute approximate surface area is 155 Å². The van der Waals surface area contributed by atoms with E-state index in [1.165, 1.54) is 0 Å². The lowest BCUT2D eigenvalue weighted by atomic mass is 10.1. The van der Waals surface area contributed by atoms with E-state index in [4.69, 9.17) is 4.74 Å². The van der Waals surface area contributed by atoms with Gasteiger partial charge in [-0.3, -0.25) is 4.79 Å². The number of fused-ring (bicyclic) bond motifs is 2. The van der Waals surface area contributed by atoms with Gasteiger partial charge in [-0.15, -0.1) is 11.3 Å². The van der Waals surface area contributed by atoms with Crippen molar-refractivity contribution in [1.29, 1.82) is 0 Å². The number of hydrogen-bond donors (Lipinski definition) is 0. The quantitative estimate of drug-likeness (QED) is 0.525. The SMILES string of the molecule is CN(Cc1nc2ccccc2s1)C(=O)COc1cccc2ccccc12. The topological polar surface area (TPSA) is 42.4 Å². The summed E-state index contributed by atoms with van der Waals surface area (Å²) in [4.78, 5) is 18.7. The average molecular weight is 362 g/mol. The first-order chi connectivity index (χ1) is 12.7. The van der Waals surface area contributed by atoms with Crippen molar-refractivity contribution in [2.24, 2.45) is 0 Å². The van der Waals surface area contributed by atoms with Crippen molar-refractivity contribution in [1.82, 2.24) is 9.88 Å². The standard InChI is InChI=1S/C21H18N2O2S/c1-23(13-20-22-17-10-4-5-12-19(17)26-20)21(24)14-25-18-11-6-8-15-7-2-3-9-16(15)18/h2-12H,13-14H2,1H3. The van der Waals surface area contributed by atoms with Crippen molar-refractivity contribution in [3.8, 4) is 5.75 Å². The number of para-hydroxylation sites is 1. The van der Waals surface area contributed by atoms with E-state index >= 15 is 0 Å². The zero-order chi connectivity index (χ0) is 17.9. The molecule has 4 aromatic rings. The first-order valence-electron chi connectivity index (χ1n) is 8.40. The van der Waals surface area contributed by atoms with Crippen LogP contribution in [0.1, 0.15) is 5.01 Å². The van der Waals surface area contributed by atoms with E-state index in [9.17, 15) is 4.79 Å². The van der Waals surface area contributed by atoms with E-state index < -0.39 is 0 Å². The molecule has 1 heterocycles. The minimum Gasteiger partial charge on any atom is -0.483 e. The molecule has 26 heavy (non-hydrogen) atoms. The first kappa shape index (κ1) is 16.5. The lowest BCUT2D eigenvalue weighted by Gasteiger charge is -2.16. The van der Waals surface area contributed by atoms with Crippen LogP contribution in [0.15, 0.2) is 66.7 Å². The highest BCUT2D eigenvalue weighted by Gasteiger charge is 2.13. The molecule has 0 unspecified atom stereocenters. The van der Waals surface area contributed by atoms with Gasteiger partial charge in [-0.2, -0.15) is 0 Å². The molecule has 0 aliphatic carbocycles. The number of carbonyl (C=O) groups is 1. The smallest absolute Gasteiger partial charge is 0.260 e. The third-order valence-electron chi connectivity index (χ3n) is 4.24. The van der Waals surface area contributed by atoms with E-state index in [0.29, 0.717) is 6.54 Å². The molecule has 0 bridgehead atoms. The number of carbonyl (C=O) groups excluding carboxylic acids is 1. The predicted molar refractivity (Wildman–Crippen MR) is 106 cm³/mol. The maximum absolute atomic E-state index is 12.4. The van der Waals surface area contributed by atoms with E-state index in [1.54, 1.807) is 23.3 Å². The van der Waals surface area contributed by atoms with Gasteiger partial charge in [-0.25, -0.2) is 4.98 Å². The molecule has 0 aliphatic heterocycles. The maximum atomic E-state index is 12.4. The summed E-state index contributed by atoms with van der Waals surface area (Å²) in [7, 11) is 1.78. The lowest BCUT2D eigenvalue weighted by molar-refractivity contribution is -0.132. The van der Waals surface area contributed by atoms with Gasteiger partial charge in [0, 0.05) is 12.4 Å². The van der Waals surface area contributed by atoms with Crippen LogP contribution >= 0.6 is 11.3 Å². The molecule has 4 nitrogen and oxygen atoms in total. The number of aromatic nitrogens is 1. The average Bonchev–Trinajstić information content (AvgIpc) is 3.08. The minimum absolute atomic E-state index is 0.00933. The molecule has 1 amide bonds. The Morgan fingerprint density at radius 3 is 2.69 bits per heavy atom. The summed E-state index contributed by atoms with van der Waals surface area (Å²) in [5.41, 5.74) is 0.973. The Bertz CT molecular complexity index is 1040. The van der Waals surface area contributed by atoms with Crippen LogP contribution in [0, 0.1) is 0 Å². The van der Waals surface area contributed by atoms with Crippen molar-refractivity contribution in [3.63, 3.8) is 0 Å². The fourth-order valence-electron chi connectivity index (χ4n) is 2.85. The summed E-state index contributed by atoms with van der Waals surface area (Å²) in [5, 5.41) is 3.03.